The fourth-order valence-corrected chi connectivity index (χ4v) is 4.28. The van der Waals surface area contributed by atoms with Crippen LogP contribution in [0.5, 0.6) is 0 Å². The van der Waals surface area contributed by atoms with Gasteiger partial charge in [-0.15, -0.1) is 23.2 Å². The Morgan fingerprint density at radius 1 is 1.50 bits per heavy atom. The molecule has 0 aromatic carbocycles. The molecular weight excluding hydrogens is 330 g/mol. The van der Waals surface area contributed by atoms with Crippen LogP contribution >= 0.6 is 30.9 Å². The molecule has 1 heterocycles. The van der Waals surface area contributed by atoms with Gasteiger partial charge in [-0.3, -0.25) is 9.40 Å². The molecule has 1 aliphatic heterocycles. The van der Waals surface area contributed by atoms with Gasteiger partial charge in [0.05, 0.1) is 6.61 Å². The van der Waals surface area contributed by atoms with E-state index in [4.69, 9.17) is 38.3 Å². The van der Waals surface area contributed by atoms with Gasteiger partial charge in [-0.25, -0.2) is 19.6 Å². The van der Waals surface area contributed by atoms with E-state index in [1.807, 2.05) is 0 Å². The lowest BCUT2D eigenvalue weighted by atomic mass is 10.4. The molecule has 1 saturated heterocycles. The maximum atomic E-state index is 12.7. The number of primary amides is 1. The number of hydroxylamine groups is 2. The first-order chi connectivity index (χ1) is 9.42. The number of carbonyl (C=O) groups is 1. The average Bonchev–Trinajstić information content (AvgIpc) is 2.38. The normalized spacial score (nSPS) is 26.7. The summed E-state index contributed by atoms with van der Waals surface area (Å²) in [6.45, 7) is 0.941. The minimum atomic E-state index is -3.29. The van der Waals surface area contributed by atoms with Crippen LogP contribution in [0.3, 0.4) is 0 Å². The van der Waals surface area contributed by atoms with E-state index in [1.54, 1.807) is 4.67 Å². The van der Waals surface area contributed by atoms with Crippen LogP contribution in [0.1, 0.15) is 6.42 Å². The molecule has 0 aromatic rings. The molecule has 118 valence electrons. The van der Waals surface area contributed by atoms with Gasteiger partial charge >= 0.3 is 13.7 Å². The zero-order valence-corrected chi connectivity index (χ0v) is 13.5. The smallest absolute Gasteiger partial charge is 0.345 e. The third-order valence-corrected chi connectivity index (χ3v) is 5.24. The molecule has 1 rings (SSSR count). The molecule has 2 atom stereocenters. The van der Waals surface area contributed by atoms with Gasteiger partial charge in [0, 0.05) is 38.3 Å². The first-order valence-corrected chi connectivity index (χ1v) is 8.67. The van der Waals surface area contributed by atoms with Gasteiger partial charge in [-0.1, -0.05) is 0 Å². The summed E-state index contributed by atoms with van der Waals surface area (Å²) in [6, 6.07) is -0.744. The molecule has 0 radical (unpaired) electrons. The Balaban J connectivity index is 2.69. The molecule has 1 aliphatic rings. The zero-order chi connectivity index (χ0) is 15.2. The number of carbonyl (C=O) groups excluding carboxylic acids is 1. The highest BCUT2D eigenvalue weighted by atomic mass is 35.5. The number of urea groups is 1. The van der Waals surface area contributed by atoms with Crippen molar-refractivity contribution in [3.8, 4) is 0 Å². The number of nitrogens with zero attached hydrogens (tertiary/aromatic N) is 2. The number of rotatable bonds is 7. The fourth-order valence-electron chi connectivity index (χ4n) is 1.62. The number of halogens is 2. The lowest BCUT2D eigenvalue weighted by Gasteiger charge is -2.37. The largest absolute Gasteiger partial charge is 0.350 e. The Morgan fingerprint density at radius 3 is 2.60 bits per heavy atom. The first kappa shape index (κ1) is 18.0. The van der Waals surface area contributed by atoms with E-state index < -0.39 is 19.9 Å². The summed E-state index contributed by atoms with van der Waals surface area (Å²) < 4.78 is 19.6. The molecule has 0 aromatic heterocycles. The molecule has 2 amide bonds. The van der Waals surface area contributed by atoms with Gasteiger partial charge in [0.2, 0.25) is 0 Å². The van der Waals surface area contributed by atoms with Gasteiger partial charge in [-0.05, 0) is 0 Å². The van der Waals surface area contributed by atoms with Gasteiger partial charge in [0.15, 0.2) is 0 Å². The monoisotopic (exact) mass is 348 g/mol. The molecule has 0 bridgehead atoms. The number of nitrogens with one attached hydrogen (secondary N) is 1. The number of hydrogen-bond acceptors (Lipinski definition) is 4. The van der Waals surface area contributed by atoms with Crippen molar-refractivity contribution < 1.29 is 18.7 Å². The minimum Gasteiger partial charge on any atom is -0.350 e. The zero-order valence-electron chi connectivity index (χ0n) is 11.1. The van der Waals surface area contributed by atoms with E-state index in [-0.39, 0.29) is 6.61 Å². The van der Waals surface area contributed by atoms with Crippen molar-refractivity contribution >= 4 is 36.9 Å². The van der Waals surface area contributed by atoms with Crippen LogP contribution in [0.15, 0.2) is 0 Å². The second-order valence-electron chi connectivity index (χ2n) is 4.03. The van der Waals surface area contributed by atoms with Crippen LogP contribution in [-0.4, -0.2) is 60.5 Å². The van der Waals surface area contributed by atoms with E-state index in [0.717, 1.165) is 5.06 Å². The average molecular weight is 349 g/mol. The Bertz CT molecular complexity index is 370. The summed E-state index contributed by atoms with van der Waals surface area (Å²) in [4.78, 5) is 16.2. The second-order valence-corrected chi connectivity index (χ2v) is 6.91. The minimum absolute atomic E-state index is 0.225. The SMILES string of the molecule is CN(OC1CCOP(=O)(N(CCCl)CCCl)N1)C(N)=O. The van der Waals surface area contributed by atoms with Crippen molar-refractivity contribution in [1.29, 1.82) is 0 Å². The highest BCUT2D eigenvalue weighted by Gasteiger charge is 2.38. The number of alkyl halides is 2. The topological polar surface area (TPSA) is 97.1 Å². The van der Waals surface area contributed by atoms with E-state index in [1.165, 1.54) is 7.05 Å². The van der Waals surface area contributed by atoms with Gasteiger partial charge in [-0.2, -0.15) is 0 Å². The van der Waals surface area contributed by atoms with E-state index in [9.17, 15) is 9.36 Å². The molecule has 11 heteroatoms. The van der Waals surface area contributed by atoms with Crippen molar-refractivity contribution in [2.45, 2.75) is 12.6 Å². The van der Waals surface area contributed by atoms with Gasteiger partial charge in [0.25, 0.3) is 0 Å². The summed E-state index contributed by atoms with van der Waals surface area (Å²) >= 11 is 11.4. The van der Waals surface area contributed by atoms with Crippen LogP contribution in [0.25, 0.3) is 0 Å². The quantitative estimate of drug-likeness (QED) is 0.407. The predicted molar refractivity (Wildman–Crippen MR) is 76.5 cm³/mol. The van der Waals surface area contributed by atoms with Crippen LogP contribution in [0.2, 0.25) is 0 Å². The molecular formula is C9H19Cl2N4O4P. The molecule has 3 N–H and O–H groups in total. The molecule has 0 spiro atoms. The molecule has 1 fully saturated rings. The maximum absolute atomic E-state index is 12.7. The molecule has 8 nitrogen and oxygen atoms in total. The van der Waals surface area contributed by atoms with Crippen LogP contribution in [0.4, 0.5) is 4.79 Å². The standard InChI is InChI=1S/C9H19Cl2N4O4P/c1-14(9(12)16)19-8-2-7-18-20(17,13-8)15(5-3-10)6-4-11/h8H,2-7H2,1H3,(H2,12,16)(H,13,17). The first-order valence-electron chi connectivity index (χ1n) is 6.02. The van der Waals surface area contributed by atoms with Crippen molar-refractivity contribution in [2.24, 2.45) is 5.73 Å². The summed E-state index contributed by atoms with van der Waals surface area (Å²) in [5.41, 5.74) is 5.06. The lowest BCUT2D eigenvalue weighted by molar-refractivity contribution is -0.156. The van der Waals surface area contributed by atoms with Gasteiger partial charge in [0.1, 0.15) is 6.23 Å². The number of hydrogen-bond donors (Lipinski definition) is 2. The summed E-state index contributed by atoms with van der Waals surface area (Å²) in [5.74, 6) is 0.581. The molecule has 0 saturated carbocycles. The number of nitrogens with two attached hydrogens (primary N) is 1. The highest BCUT2D eigenvalue weighted by Crippen LogP contribution is 2.49. The predicted octanol–water partition coefficient (Wildman–Crippen LogP) is 1.15. The van der Waals surface area contributed by atoms with Crippen LogP contribution in [-0.2, 0) is 13.9 Å². The van der Waals surface area contributed by atoms with Crippen LogP contribution in [0, 0.1) is 0 Å². The Labute approximate surface area is 128 Å². The van der Waals surface area contributed by atoms with E-state index >= 15 is 0 Å². The lowest BCUT2D eigenvalue weighted by Crippen LogP contribution is -2.46. The van der Waals surface area contributed by atoms with E-state index in [2.05, 4.69) is 5.09 Å². The van der Waals surface area contributed by atoms with E-state index in [0.29, 0.717) is 31.3 Å². The third-order valence-electron chi connectivity index (χ3n) is 2.61. The number of amides is 2. The Hall–Kier alpha value is -0.0800. The molecule has 20 heavy (non-hydrogen) atoms. The maximum Gasteiger partial charge on any atom is 0.345 e. The molecule has 0 aliphatic carbocycles. The summed E-state index contributed by atoms with van der Waals surface area (Å²) in [6.07, 6.45) is -0.211. The Kier molecular flexibility index (Phi) is 7.53. The summed E-state index contributed by atoms with van der Waals surface area (Å²) in [7, 11) is -1.91. The third kappa shape index (κ3) is 5.04. The highest BCUT2D eigenvalue weighted by molar-refractivity contribution is 7.54. The fraction of sp³-hybridized carbons (Fsp3) is 0.889. The van der Waals surface area contributed by atoms with Gasteiger partial charge < -0.3 is 10.3 Å². The Morgan fingerprint density at radius 2 is 2.10 bits per heavy atom. The van der Waals surface area contributed by atoms with Crippen molar-refractivity contribution in [3.63, 3.8) is 0 Å². The molecule has 2 unspecified atom stereocenters. The van der Waals surface area contributed by atoms with Crippen molar-refractivity contribution in [1.82, 2.24) is 14.8 Å². The van der Waals surface area contributed by atoms with Crippen molar-refractivity contribution in [2.75, 3.05) is 38.5 Å². The van der Waals surface area contributed by atoms with Crippen LogP contribution < -0.4 is 10.8 Å². The second kappa shape index (κ2) is 8.38. The summed E-state index contributed by atoms with van der Waals surface area (Å²) in [5, 5.41) is 3.63. The van der Waals surface area contributed by atoms with Crippen molar-refractivity contribution in [3.05, 3.63) is 0 Å².